The van der Waals surface area contributed by atoms with E-state index in [1.54, 1.807) is 0 Å². The summed E-state index contributed by atoms with van der Waals surface area (Å²) in [5.41, 5.74) is 0. The van der Waals surface area contributed by atoms with Gasteiger partial charge in [-0.3, -0.25) is 14.4 Å². The Morgan fingerprint density at radius 1 is 0.297 bits per heavy atom. The topological polar surface area (TPSA) is 78.9 Å². The first-order chi connectivity index (χ1) is 31.4. The third-order valence-corrected chi connectivity index (χ3v) is 13.3. The summed E-state index contributed by atoms with van der Waals surface area (Å²) in [4.78, 5) is 38.1. The fourth-order valence-electron chi connectivity index (χ4n) is 8.92. The Kier molecular flexibility index (Phi) is 51.1. The molecule has 1 atom stereocenters. The minimum Gasteiger partial charge on any atom is -0.462 e. The van der Waals surface area contributed by atoms with Crippen molar-refractivity contribution in [2.75, 3.05) is 13.2 Å². The van der Waals surface area contributed by atoms with Crippen molar-refractivity contribution in [3.8, 4) is 0 Å². The lowest BCUT2D eigenvalue weighted by atomic mass is 10.0. The number of esters is 3. The van der Waals surface area contributed by atoms with Crippen molar-refractivity contribution in [1.29, 1.82) is 0 Å². The Labute approximate surface area is 399 Å². The number of unbranched alkanes of at least 4 members (excludes halogenated alkanes) is 40. The van der Waals surface area contributed by atoms with Gasteiger partial charge in [0.2, 0.25) is 0 Å². The van der Waals surface area contributed by atoms with Crippen LogP contribution in [-0.2, 0) is 28.6 Å². The summed E-state index contributed by atoms with van der Waals surface area (Å²) in [7, 11) is 0. The van der Waals surface area contributed by atoms with Crippen LogP contribution in [0.25, 0.3) is 0 Å². The number of carbonyl (C=O) groups is 3. The normalized spacial score (nSPS) is 12.0. The van der Waals surface area contributed by atoms with Gasteiger partial charge >= 0.3 is 17.9 Å². The summed E-state index contributed by atoms with van der Waals surface area (Å²) < 4.78 is 16.9. The van der Waals surface area contributed by atoms with Crippen LogP contribution >= 0.6 is 0 Å². The zero-order valence-electron chi connectivity index (χ0n) is 43.8. The van der Waals surface area contributed by atoms with Gasteiger partial charge in [0.1, 0.15) is 13.2 Å². The molecule has 380 valence electrons. The van der Waals surface area contributed by atoms with E-state index in [9.17, 15) is 14.4 Å². The Balaban J connectivity index is 4.23. The molecule has 0 unspecified atom stereocenters. The summed E-state index contributed by atoms with van der Waals surface area (Å²) in [6, 6.07) is 0. The molecule has 0 heterocycles. The highest BCUT2D eigenvalue weighted by atomic mass is 16.6. The van der Waals surface area contributed by atoms with Crippen LogP contribution in [0.4, 0.5) is 0 Å². The third-order valence-electron chi connectivity index (χ3n) is 13.3. The molecule has 0 N–H and O–H groups in total. The van der Waals surface area contributed by atoms with Crippen LogP contribution < -0.4 is 0 Å². The largest absolute Gasteiger partial charge is 0.462 e. The molecule has 0 bridgehead atoms. The van der Waals surface area contributed by atoms with Gasteiger partial charge < -0.3 is 14.2 Å². The highest BCUT2D eigenvalue weighted by molar-refractivity contribution is 5.71. The summed E-state index contributed by atoms with van der Waals surface area (Å²) in [6.45, 7) is 9.06. The molecular formula is C58H112O6. The van der Waals surface area contributed by atoms with Crippen molar-refractivity contribution in [2.24, 2.45) is 5.92 Å². The smallest absolute Gasteiger partial charge is 0.306 e. The van der Waals surface area contributed by atoms with Crippen molar-refractivity contribution in [1.82, 2.24) is 0 Å². The maximum atomic E-state index is 12.8. The van der Waals surface area contributed by atoms with Crippen molar-refractivity contribution in [3.05, 3.63) is 0 Å². The molecule has 0 rings (SSSR count). The molecule has 64 heavy (non-hydrogen) atoms. The van der Waals surface area contributed by atoms with E-state index in [4.69, 9.17) is 14.2 Å². The van der Waals surface area contributed by atoms with E-state index in [1.807, 2.05) is 0 Å². The molecule has 0 saturated heterocycles. The highest BCUT2D eigenvalue weighted by Gasteiger charge is 2.19. The maximum absolute atomic E-state index is 12.8. The quantitative estimate of drug-likeness (QED) is 0.0344. The van der Waals surface area contributed by atoms with E-state index >= 15 is 0 Å². The van der Waals surface area contributed by atoms with Gasteiger partial charge in [0.25, 0.3) is 0 Å². The van der Waals surface area contributed by atoms with Crippen molar-refractivity contribution >= 4 is 17.9 Å². The maximum Gasteiger partial charge on any atom is 0.306 e. The molecule has 0 aliphatic heterocycles. The number of carbonyl (C=O) groups excluding carboxylic acids is 3. The molecule has 0 spiro atoms. The molecular weight excluding hydrogens is 793 g/mol. The van der Waals surface area contributed by atoms with Gasteiger partial charge in [-0.2, -0.15) is 0 Å². The predicted octanol–water partition coefficient (Wildman–Crippen LogP) is 19.0. The SMILES string of the molecule is CCCCCCCCCCCCCCCCCCCC(=O)OC[C@@H](COC(=O)CCCCCCCCCCCCCCCCCC(C)C)OC(=O)CCCCCCCCCCCCC. The second-order valence-corrected chi connectivity index (χ2v) is 20.4. The standard InChI is InChI=1S/C58H112O6/c1-5-7-9-11-13-15-17-18-19-20-23-26-30-33-37-41-45-49-56(59)62-52-55(64-58(61)51-47-43-39-35-28-16-14-12-10-8-6-2)53-63-57(60)50-46-42-38-34-31-27-24-21-22-25-29-32-36-40-44-48-54(3)4/h54-55H,5-53H2,1-4H3/t55-/m0/s1. The molecule has 0 saturated carbocycles. The van der Waals surface area contributed by atoms with Gasteiger partial charge in [-0.15, -0.1) is 0 Å². The van der Waals surface area contributed by atoms with Crippen LogP contribution in [0.15, 0.2) is 0 Å². The van der Waals surface area contributed by atoms with E-state index in [-0.39, 0.29) is 31.1 Å². The van der Waals surface area contributed by atoms with E-state index in [2.05, 4.69) is 27.7 Å². The zero-order valence-corrected chi connectivity index (χ0v) is 43.8. The van der Waals surface area contributed by atoms with E-state index in [0.29, 0.717) is 19.3 Å². The van der Waals surface area contributed by atoms with Gasteiger partial charge in [0, 0.05) is 19.3 Å². The molecule has 6 heteroatoms. The van der Waals surface area contributed by atoms with E-state index < -0.39 is 6.10 Å². The van der Waals surface area contributed by atoms with Gasteiger partial charge in [-0.25, -0.2) is 0 Å². The van der Waals surface area contributed by atoms with Gasteiger partial charge in [-0.1, -0.05) is 291 Å². The first-order valence-corrected chi connectivity index (χ1v) is 28.9. The Morgan fingerprint density at radius 3 is 0.766 bits per heavy atom. The summed E-state index contributed by atoms with van der Waals surface area (Å²) in [6.07, 6.45) is 56.6. The molecule has 0 amide bonds. The summed E-state index contributed by atoms with van der Waals surface area (Å²) >= 11 is 0. The van der Waals surface area contributed by atoms with E-state index in [1.165, 1.54) is 225 Å². The monoisotopic (exact) mass is 905 g/mol. The Hall–Kier alpha value is -1.59. The molecule has 0 radical (unpaired) electrons. The molecule has 0 fully saturated rings. The molecule has 0 aromatic heterocycles. The molecule has 0 aromatic rings. The van der Waals surface area contributed by atoms with Gasteiger partial charge in [-0.05, 0) is 25.2 Å². The second-order valence-electron chi connectivity index (χ2n) is 20.4. The average molecular weight is 906 g/mol. The molecule has 0 aliphatic rings. The number of rotatable bonds is 53. The highest BCUT2D eigenvalue weighted by Crippen LogP contribution is 2.18. The lowest BCUT2D eigenvalue weighted by Crippen LogP contribution is -2.30. The van der Waals surface area contributed by atoms with Crippen LogP contribution in [0.5, 0.6) is 0 Å². The average Bonchev–Trinajstić information content (AvgIpc) is 3.28. The van der Waals surface area contributed by atoms with Gasteiger partial charge in [0.05, 0.1) is 0 Å². The van der Waals surface area contributed by atoms with Crippen LogP contribution in [-0.4, -0.2) is 37.2 Å². The fraction of sp³-hybridized carbons (Fsp3) is 0.948. The predicted molar refractivity (Wildman–Crippen MR) is 275 cm³/mol. The van der Waals surface area contributed by atoms with Crippen LogP contribution in [0.1, 0.15) is 329 Å². The second kappa shape index (κ2) is 52.4. The van der Waals surface area contributed by atoms with Crippen LogP contribution in [0.3, 0.4) is 0 Å². The minimum absolute atomic E-state index is 0.0619. The number of ether oxygens (including phenoxy) is 3. The summed E-state index contributed by atoms with van der Waals surface area (Å²) in [5.74, 6) is 0.0128. The van der Waals surface area contributed by atoms with Crippen molar-refractivity contribution < 1.29 is 28.6 Å². The first kappa shape index (κ1) is 62.4. The first-order valence-electron chi connectivity index (χ1n) is 28.9. The Morgan fingerprint density at radius 2 is 0.516 bits per heavy atom. The van der Waals surface area contributed by atoms with Gasteiger partial charge in [0.15, 0.2) is 6.10 Å². The van der Waals surface area contributed by atoms with Crippen molar-refractivity contribution in [3.63, 3.8) is 0 Å². The number of hydrogen-bond acceptors (Lipinski definition) is 6. The summed E-state index contributed by atoms with van der Waals surface area (Å²) in [5, 5.41) is 0. The Bertz CT molecular complexity index is 964. The van der Waals surface area contributed by atoms with Crippen molar-refractivity contribution in [2.45, 2.75) is 336 Å². The molecule has 6 nitrogen and oxygen atoms in total. The minimum atomic E-state index is -0.761. The van der Waals surface area contributed by atoms with Crippen LogP contribution in [0, 0.1) is 5.92 Å². The number of hydrogen-bond donors (Lipinski definition) is 0. The lowest BCUT2D eigenvalue weighted by Gasteiger charge is -2.18. The lowest BCUT2D eigenvalue weighted by molar-refractivity contribution is -0.167. The zero-order chi connectivity index (χ0) is 46.7. The van der Waals surface area contributed by atoms with Crippen LogP contribution in [0.2, 0.25) is 0 Å². The third kappa shape index (κ3) is 51.4. The van der Waals surface area contributed by atoms with E-state index in [0.717, 1.165) is 63.7 Å². The molecule has 0 aliphatic carbocycles. The fourth-order valence-corrected chi connectivity index (χ4v) is 8.92. The molecule has 0 aromatic carbocycles.